The normalized spacial score (nSPS) is 24.2. The smallest absolute Gasteiger partial charge is 0.475 e. The SMILES string of the molecule is NC[C@@H]1O[C@@H](O[C@H]2[C@H](OC(=O)Nc3ccccc3)[C@@H](O[C@H]3O[C@H](COC(=O)Nc4ccccc4)[C@@H](OC(=O)Nc4ccccc4)[C@H](N)[C@H]3OC(=O)Nc3ccccc3)[C@H](N)C[C@@H]2N)[C@@H](OC(=O)Nc2ccccc2)[C@H](OC(=O)Nc2ccccc2)[C@H]1OC(=O)Nc1ccccc1.O=C(O)C(F)(F)F. The second-order valence-corrected chi connectivity index (χ2v) is 22.7. The van der Waals surface area contributed by atoms with Crippen molar-refractivity contribution < 1.29 is 109 Å². The van der Waals surface area contributed by atoms with Gasteiger partial charge in [-0.25, -0.2) is 38.4 Å². The standard InChI is InChI=1S/C67H71N11O18.C2HF3O2/c68-37-48-54(92-63(81)74-41-26-12-3-13-27-41)57(95-66(84)77-44-32-18-6-19-33-44)58(96-67(85)78-45-34-20-7-21-35-45)60(87-48)90-52-47(70)36-46(69)51(56(52)94-65(83)76-43-30-16-5-17-31-43)89-59-55(93-64(82)75-42-28-14-4-15-29-42)50(71)53(91-62(80)73-40-24-10-2-11-25-40)49(88-59)38-86-61(79)72-39-22-8-1-9-23-39;3-2(4,5)1(6)7/h1-35,46-60H,36-38,68-71H2,(H,72,79)(H,73,80)(H,74,81)(H,75,82)(H,76,83)(H,77,84)(H,78,85);(H,6,7)/t46-,47+,48+,49-,50+,51+,52-,53-,54+,55-,56-,57-,58+,59-,60+;/m1./s1. The fraction of sp³-hybridized carbons (Fsp3) is 0.275. The van der Waals surface area contributed by atoms with Crippen molar-refractivity contribution in [2.75, 3.05) is 50.4 Å². The van der Waals surface area contributed by atoms with E-state index in [9.17, 15) is 46.7 Å². The van der Waals surface area contributed by atoms with Crippen LogP contribution < -0.4 is 60.2 Å². The third kappa shape index (κ3) is 22.4. The van der Waals surface area contributed by atoms with Crippen molar-refractivity contribution in [3.8, 4) is 0 Å². The van der Waals surface area contributed by atoms with E-state index < -0.39 is 160 Å². The summed E-state index contributed by atoms with van der Waals surface area (Å²) in [6.45, 7) is -1.17. The Bertz CT molecular complexity index is 3900. The van der Waals surface area contributed by atoms with E-state index in [0.717, 1.165) is 0 Å². The molecule has 0 unspecified atom stereocenters. The van der Waals surface area contributed by atoms with Gasteiger partial charge in [-0.05, 0) is 91.3 Å². The van der Waals surface area contributed by atoms with Gasteiger partial charge in [0.1, 0.15) is 31.0 Å². The number of carboxylic acids is 1. The maximum absolute atomic E-state index is 14.5. The van der Waals surface area contributed by atoms with Gasteiger partial charge in [0.05, 0.1) is 6.04 Å². The van der Waals surface area contributed by atoms with Gasteiger partial charge >= 0.3 is 54.8 Å². The van der Waals surface area contributed by atoms with Crippen molar-refractivity contribution in [2.24, 2.45) is 22.9 Å². The van der Waals surface area contributed by atoms with Gasteiger partial charge in [-0.2, -0.15) is 13.2 Å². The summed E-state index contributed by atoms with van der Waals surface area (Å²) < 4.78 is 101. The van der Waals surface area contributed by atoms with Gasteiger partial charge in [0.25, 0.3) is 0 Å². The summed E-state index contributed by atoms with van der Waals surface area (Å²) in [7, 11) is 0. The predicted molar refractivity (Wildman–Crippen MR) is 362 cm³/mol. The molecule has 31 nitrogen and oxygen atoms in total. The Morgan fingerprint density at radius 2 is 0.621 bits per heavy atom. The van der Waals surface area contributed by atoms with E-state index in [1.54, 1.807) is 212 Å². The van der Waals surface area contributed by atoms with Crippen molar-refractivity contribution >= 4 is 88.4 Å². The van der Waals surface area contributed by atoms with Crippen LogP contribution in [0, 0.1) is 0 Å². The Morgan fingerprint density at radius 1 is 0.369 bits per heavy atom. The molecule has 16 N–H and O–H groups in total. The molecule has 7 amide bonds. The van der Waals surface area contributed by atoms with Gasteiger partial charge in [0.2, 0.25) is 0 Å². The summed E-state index contributed by atoms with van der Waals surface area (Å²) in [5.41, 5.74) is 29.7. The highest BCUT2D eigenvalue weighted by Gasteiger charge is 2.58. The first-order valence-corrected chi connectivity index (χ1v) is 31.6. The molecule has 1 aliphatic carbocycles. The highest BCUT2D eigenvalue weighted by atomic mass is 19.4. The van der Waals surface area contributed by atoms with Crippen LogP contribution in [0.5, 0.6) is 0 Å². The third-order valence-electron chi connectivity index (χ3n) is 15.4. The number of rotatable bonds is 20. The fourth-order valence-corrected chi connectivity index (χ4v) is 10.7. The van der Waals surface area contributed by atoms with E-state index in [0.29, 0.717) is 17.1 Å². The zero-order chi connectivity index (χ0) is 73.4. The minimum absolute atomic E-state index is 0.246. The van der Waals surface area contributed by atoms with Crippen molar-refractivity contribution in [1.82, 2.24) is 0 Å². The first kappa shape index (κ1) is 75.6. The number of ether oxygens (including phenoxy) is 11. The van der Waals surface area contributed by atoms with Crippen LogP contribution in [-0.4, -0.2) is 165 Å². The summed E-state index contributed by atoms with van der Waals surface area (Å²) in [6.07, 6.45) is -33.9. The van der Waals surface area contributed by atoms with Crippen LogP contribution >= 0.6 is 0 Å². The summed E-state index contributed by atoms with van der Waals surface area (Å²) in [4.78, 5) is 107. The van der Waals surface area contributed by atoms with E-state index in [1.165, 1.54) is 0 Å². The summed E-state index contributed by atoms with van der Waals surface area (Å²) in [5.74, 6) is -2.76. The van der Waals surface area contributed by atoms with E-state index in [4.69, 9.17) is 84.9 Å². The lowest BCUT2D eigenvalue weighted by Crippen LogP contribution is -2.70. The molecule has 10 rings (SSSR count). The number of nitrogens with two attached hydrogens (primary N) is 4. The van der Waals surface area contributed by atoms with Crippen LogP contribution in [0.15, 0.2) is 212 Å². The van der Waals surface area contributed by atoms with Crippen molar-refractivity contribution in [3.63, 3.8) is 0 Å². The van der Waals surface area contributed by atoms with Crippen molar-refractivity contribution in [3.05, 3.63) is 212 Å². The zero-order valence-corrected chi connectivity index (χ0v) is 54.1. The van der Waals surface area contributed by atoms with Gasteiger partial charge in [0.15, 0.2) is 49.2 Å². The highest BCUT2D eigenvalue weighted by Crippen LogP contribution is 2.37. The van der Waals surface area contributed by atoms with E-state index in [1.807, 2.05) is 0 Å². The number of amides is 7. The van der Waals surface area contributed by atoms with Crippen LogP contribution in [0.4, 0.5) is 86.5 Å². The summed E-state index contributed by atoms with van der Waals surface area (Å²) in [6, 6.07) is 53.2. The average Bonchev–Trinajstić information content (AvgIpc) is 0.767. The van der Waals surface area contributed by atoms with Gasteiger partial charge in [-0.1, -0.05) is 127 Å². The Balaban J connectivity index is 0.00000167. The van der Waals surface area contributed by atoms with Gasteiger partial charge in [-0.15, -0.1) is 0 Å². The molecule has 7 aromatic carbocycles. The molecule has 0 aromatic heterocycles. The molecular weight excluding hydrogens is 1360 g/mol. The Kier molecular flexibility index (Phi) is 26.9. The lowest BCUT2D eigenvalue weighted by atomic mass is 9.84. The molecule has 544 valence electrons. The number of carbonyl (C=O) groups is 8. The third-order valence-corrected chi connectivity index (χ3v) is 15.4. The number of hydrogen-bond donors (Lipinski definition) is 12. The van der Waals surface area contributed by atoms with Crippen LogP contribution in [0.1, 0.15) is 6.42 Å². The van der Waals surface area contributed by atoms with E-state index >= 15 is 0 Å². The maximum Gasteiger partial charge on any atom is 0.490 e. The predicted octanol–water partition coefficient (Wildman–Crippen LogP) is 9.14. The molecule has 2 aliphatic heterocycles. The van der Waals surface area contributed by atoms with Gasteiger partial charge in [0, 0.05) is 58.4 Å². The van der Waals surface area contributed by atoms with E-state index in [-0.39, 0.29) is 29.2 Å². The molecule has 0 spiro atoms. The summed E-state index contributed by atoms with van der Waals surface area (Å²) in [5, 5.41) is 25.5. The minimum atomic E-state index is -5.08. The zero-order valence-electron chi connectivity index (χ0n) is 54.1. The number of hydrogen-bond acceptors (Lipinski definition) is 23. The number of carbonyl (C=O) groups excluding carboxylic acids is 7. The Morgan fingerprint density at radius 3 is 0.932 bits per heavy atom. The van der Waals surface area contributed by atoms with Gasteiger partial charge in [-0.3, -0.25) is 37.2 Å². The molecule has 15 atom stereocenters. The van der Waals surface area contributed by atoms with Crippen LogP contribution in [0.3, 0.4) is 0 Å². The Hall–Kier alpha value is -11.6. The number of alkyl halides is 3. The topological polar surface area (TPSA) is 447 Å². The number of nitrogens with one attached hydrogen (secondary N) is 7. The molecule has 3 fully saturated rings. The number of aliphatic carboxylic acids is 1. The molecule has 2 heterocycles. The maximum atomic E-state index is 14.5. The van der Waals surface area contributed by atoms with Crippen molar-refractivity contribution in [2.45, 2.75) is 104 Å². The average molecular weight is 1430 g/mol. The fourth-order valence-electron chi connectivity index (χ4n) is 10.7. The van der Waals surface area contributed by atoms with Crippen LogP contribution in [0.25, 0.3) is 0 Å². The summed E-state index contributed by atoms with van der Waals surface area (Å²) >= 11 is 0. The number of carboxylic acid groups (broad SMARTS) is 1. The molecule has 3 aliphatic rings. The monoisotopic (exact) mass is 1430 g/mol. The first-order chi connectivity index (χ1) is 49.6. The Labute approximate surface area is 585 Å². The second kappa shape index (κ2) is 36.6. The molecule has 34 heteroatoms. The molecule has 2 saturated heterocycles. The minimum Gasteiger partial charge on any atom is -0.475 e. The lowest BCUT2D eigenvalue weighted by molar-refractivity contribution is -0.328. The first-order valence-electron chi connectivity index (χ1n) is 31.6. The molecule has 103 heavy (non-hydrogen) atoms. The number of para-hydroxylation sites is 7. The highest BCUT2D eigenvalue weighted by molar-refractivity contribution is 5.88. The van der Waals surface area contributed by atoms with Gasteiger partial charge < -0.3 is 80.1 Å². The van der Waals surface area contributed by atoms with Crippen molar-refractivity contribution in [1.29, 1.82) is 0 Å². The molecular formula is C69H72F3N11O20. The molecule has 7 aromatic rings. The van der Waals surface area contributed by atoms with Crippen LogP contribution in [-0.2, 0) is 56.9 Å². The quantitative estimate of drug-likeness (QED) is 0.0316. The molecule has 0 bridgehead atoms. The van der Waals surface area contributed by atoms with E-state index in [2.05, 4.69) is 37.2 Å². The molecule has 0 radical (unpaired) electrons. The van der Waals surface area contributed by atoms with Crippen LogP contribution in [0.2, 0.25) is 0 Å². The number of benzene rings is 7. The molecule has 1 saturated carbocycles. The second-order valence-electron chi connectivity index (χ2n) is 22.7. The largest absolute Gasteiger partial charge is 0.490 e. The number of anilines is 7. The lowest BCUT2D eigenvalue weighted by Gasteiger charge is -2.50. The number of halogens is 3.